The maximum atomic E-state index is 11.5. The second kappa shape index (κ2) is 8.53. The number of hydrogen-bond donors (Lipinski definition) is 1. The third-order valence-electron chi connectivity index (χ3n) is 3.11. The summed E-state index contributed by atoms with van der Waals surface area (Å²) in [5.41, 5.74) is 1.32. The molecule has 0 saturated carbocycles. The summed E-state index contributed by atoms with van der Waals surface area (Å²) in [6, 6.07) is 10.4. The first-order chi connectivity index (χ1) is 9.13. The van der Waals surface area contributed by atoms with Gasteiger partial charge < -0.3 is 15.1 Å². The Bertz CT molecular complexity index is 367. The monoisotopic (exact) mass is 263 g/mol. The molecule has 0 aromatic heterocycles. The molecule has 0 fully saturated rings. The number of nitrogens with zero attached hydrogens (tertiary/aromatic N) is 2. The van der Waals surface area contributed by atoms with Crippen LogP contribution >= 0.6 is 0 Å². The summed E-state index contributed by atoms with van der Waals surface area (Å²) in [5.74, 6) is 0. The SMILES string of the molecule is CCN(C)C(=O)NCCCN(C)Cc1ccccc1. The zero-order chi connectivity index (χ0) is 14.1. The van der Waals surface area contributed by atoms with Crippen LogP contribution in [0.25, 0.3) is 0 Å². The number of hydrogen-bond acceptors (Lipinski definition) is 2. The highest BCUT2D eigenvalue weighted by Crippen LogP contribution is 2.02. The maximum absolute atomic E-state index is 11.5. The largest absolute Gasteiger partial charge is 0.338 e. The molecule has 0 unspecified atom stereocenters. The second-order valence-corrected chi connectivity index (χ2v) is 4.82. The molecule has 0 aliphatic rings. The molecule has 0 spiro atoms. The van der Waals surface area contributed by atoms with Crippen molar-refractivity contribution < 1.29 is 4.79 Å². The molecule has 106 valence electrons. The molecule has 19 heavy (non-hydrogen) atoms. The Labute approximate surface area is 116 Å². The lowest BCUT2D eigenvalue weighted by molar-refractivity contribution is 0.210. The Balaban J connectivity index is 2.14. The molecule has 1 rings (SSSR count). The second-order valence-electron chi connectivity index (χ2n) is 4.82. The fourth-order valence-corrected chi connectivity index (χ4v) is 1.80. The molecule has 0 saturated heterocycles. The van der Waals surface area contributed by atoms with Crippen LogP contribution in [0.1, 0.15) is 18.9 Å². The lowest BCUT2D eigenvalue weighted by atomic mass is 10.2. The third kappa shape index (κ3) is 6.25. The van der Waals surface area contributed by atoms with Crippen molar-refractivity contribution in [2.24, 2.45) is 0 Å². The number of carbonyl (C=O) groups is 1. The van der Waals surface area contributed by atoms with Gasteiger partial charge in [0.25, 0.3) is 0 Å². The molecule has 1 aromatic rings. The molecule has 1 aromatic carbocycles. The van der Waals surface area contributed by atoms with E-state index in [1.165, 1.54) is 5.56 Å². The standard InChI is InChI=1S/C15H25N3O/c1-4-18(3)15(19)16-11-8-12-17(2)13-14-9-6-5-7-10-14/h5-7,9-10H,4,8,11-13H2,1-3H3,(H,16,19). The van der Waals surface area contributed by atoms with E-state index in [4.69, 9.17) is 0 Å². The Kier molecular flexibility index (Phi) is 6.97. The van der Waals surface area contributed by atoms with Gasteiger partial charge in [0.05, 0.1) is 0 Å². The van der Waals surface area contributed by atoms with Crippen molar-refractivity contribution >= 4 is 6.03 Å². The average Bonchev–Trinajstić information content (AvgIpc) is 2.43. The molecule has 2 amide bonds. The summed E-state index contributed by atoms with van der Waals surface area (Å²) in [7, 11) is 3.91. The highest BCUT2D eigenvalue weighted by molar-refractivity contribution is 5.73. The number of carbonyl (C=O) groups excluding carboxylic acids is 1. The van der Waals surface area contributed by atoms with Gasteiger partial charge >= 0.3 is 6.03 Å². The van der Waals surface area contributed by atoms with Gasteiger partial charge in [-0.1, -0.05) is 30.3 Å². The molecule has 4 nitrogen and oxygen atoms in total. The summed E-state index contributed by atoms with van der Waals surface area (Å²) in [6.45, 7) is 5.35. The number of benzene rings is 1. The Morgan fingerprint density at radius 2 is 1.89 bits per heavy atom. The number of rotatable bonds is 7. The molecular formula is C15H25N3O. The van der Waals surface area contributed by atoms with Crippen molar-refractivity contribution in [3.8, 4) is 0 Å². The minimum absolute atomic E-state index is 0.00760. The Hall–Kier alpha value is -1.55. The zero-order valence-electron chi connectivity index (χ0n) is 12.2. The van der Waals surface area contributed by atoms with Crippen LogP contribution in [0.2, 0.25) is 0 Å². The van der Waals surface area contributed by atoms with Crippen LogP contribution in [0.4, 0.5) is 4.79 Å². The molecular weight excluding hydrogens is 238 g/mol. The van der Waals surface area contributed by atoms with E-state index in [0.29, 0.717) is 0 Å². The van der Waals surface area contributed by atoms with Gasteiger partial charge in [-0.05, 0) is 32.5 Å². The van der Waals surface area contributed by atoms with Gasteiger partial charge in [-0.2, -0.15) is 0 Å². The van der Waals surface area contributed by atoms with E-state index in [-0.39, 0.29) is 6.03 Å². The highest BCUT2D eigenvalue weighted by Gasteiger charge is 2.05. The number of nitrogens with one attached hydrogen (secondary N) is 1. The van der Waals surface area contributed by atoms with E-state index in [0.717, 1.165) is 32.6 Å². The Morgan fingerprint density at radius 1 is 1.21 bits per heavy atom. The van der Waals surface area contributed by atoms with Gasteiger partial charge in [0.1, 0.15) is 0 Å². The zero-order valence-corrected chi connectivity index (χ0v) is 12.2. The third-order valence-corrected chi connectivity index (χ3v) is 3.11. The van der Waals surface area contributed by atoms with Gasteiger partial charge in [-0.3, -0.25) is 0 Å². The molecule has 0 radical (unpaired) electrons. The maximum Gasteiger partial charge on any atom is 0.317 e. The van der Waals surface area contributed by atoms with E-state index in [2.05, 4.69) is 41.5 Å². The molecule has 0 aliphatic heterocycles. The van der Waals surface area contributed by atoms with Gasteiger partial charge in [-0.25, -0.2) is 4.79 Å². The van der Waals surface area contributed by atoms with Crippen LogP contribution in [-0.2, 0) is 6.54 Å². The topological polar surface area (TPSA) is 35.6 Å². The predicted octanol–water partition coefficient (Wildman–Crippen LogP) is 2.17. The minimum Gasteiger partial charge on any atom is -0.338 e. The normalized spacial score (nSPS) is 10.5. The van der Waals surface area contributed by atoms with Crippen LogP contribution in [0.5, 0.6) is 0 Å². The van der Waals surface area contributed by atoms with E-state index in [9.17, 15) is 4.79 Å². The Morgan fingerprint density at radius 3 is 2.53 bits per heavy atom. The van der Waals surface area contributed by atoms with Crippen LogP contribution < -0.4 is 5.32 Å². The molecule has 4 heteroatoms. The fourth-order valence-electron chi connectivity index (χ4n) is 1.80. The van der Waals surface area contributed by atoms with Gasteiger partial charge in [0, 0.05) is 26.7 Å². The molecule has 0 atom stereocenters. The van der Waals surface area contributed by atoms with Crippen molar-refractivity contribution in [2.75, 3.05) is 33.7 Å². The van der Waals surface area contributed by atoms with Crippen molar-refractivity contribution in [1.82, 2.24) is 15.1 Å². The molecule has 1 N–H and O–H groups in total. The fraction of sp³-hybridized carbons (Fsp3) is 0.533. The van der Waals surface area contributed by atoms with Crippen LogP contribution in [0.3, 0.4) is 0 Å². The van der Waals surface area contributed by atoms with Crippen molar-refractivity contribution in [1.29, 1.82) is 0 Å². The molecule has 0 aliphatic carbocycles. The van der Waals surface area contributed by atoms with Gasteiger partial charge in [0.2, 0.25) is 0 Å². The van der Waals surface area contributed by atoms with E-state index in [1.807, 2.05) is 13.0 Å². The summed E-state index contributed by atoms with van der Waals surface area (Å²) < 4.78 is 0. The number of amides is 2. The predicted molar refractivity (Wildman–Crippen MR) is 79.1 cm³/mol. The lowest BCUT2D eigenvalue weighted by Gasteiger charge is -2.18. The van der Waals surface area contributed by atoms with Crippen molar-refractivity contribution in [3.63, 3.8) is 0 Å². The number of urea groups is 1. The van der Waals surface area contributed by atoms with E-state index < -0.39 is 0 Å². The van der Waals surface area contributed by atoms with Crippen molar-refractivity contribution in [2.45, 2.75) is 19.9 Å². The average molecular weight is 263 g/mol. The molecule has 0 bridgehead atoms. The van der Waals surface area contributed by atoms with Gasteiger partial charge in [0.15, 0.2) is 0 Å². The first-order valence-corrected chi connectivity index (χ1v) is 6.85. The van der Waals surface area contributed by atoms with Gasteiger partial charge in [-0.15, -0.1) is 0 Å². The first kappa shape index (κ1) is 15.5. The lowest BCUT2D eigenvalue weighted by Crippen LogP contribution is -2.38. The van der Waals surface area contributed by atoms with E-state index >= 15 is 0 Å². The van der Waals surface area contributed by atoms with Crippen LogP contribution in [0, 0.1) is 0 Å². The minimum atomic E-state index is 0.00760. The summed E-state index contributed by atoms with van der Waals surface area (Å²) >= 11 is 0. The quantitative estimate of drug-likeness (QED) is 0.765. The smallest absolute Gasteiger partial charge is 0.317 e. The summed E-state index contributed by atoms with van der Waals surface area (Å²) in [4.78, 5) is 15.5. The van der Waals surface area contributed by atoms with Crippen molar-refractivity contribution in [3.05, 3.63) is 35.9 Å². The highest BCUT2D eigenvalue weighted by atomic mass is 16.2. The van der Waals surface area contributed by atoms with Crippen LogP contribution in [-0.4, -0.2) is 49.6 Å². The summed E-state index contributed by atoms with van der Waals surface area (Å²) in [6.07, 6.45) is 0.965. The van der Waals surface area contributed by atoms with E-state index in [1.54, 1.807) is 11.9 Å². The molecule has 0 heterocycles. The first-order valence-electron chi connectivity index (χ1n) is 6.85. The van der Waals surface area contributed by atoms with Crippen LogP contribution in [0.15, 0.2) is 30.3 Å². The summed E-state index contributed by atoms with van der Waals surface area (Å²) in [5, 5.41) is 2.91.